The van der Waals surface area contributed by atoms with E-state index in [4.69, 9.17) is 0 Å². The molecule has 1 aliphatic rings. The molecule has 0 bridgehead atoms. The van der Waals surface area contributed by atoms with E-state index < -0.39 is 21.0 Å². The van der Waals surface area contributed by atoms with Gasteiger partial charge in [0, 0.05) is 12.1 Å². The van der Waals surface area contributed by atoms with Crippen LogP contribution in [0.3, 0.4) is 0 Å². The van der Waals surface area contributed by atoms with Crippen molar-refractivity contribution in [2.75, 3.05) is 11.4 Å². The Morgan fingerprint density at radius 1 is 1.30 bits per heavy atom. The first-order valence-corrected chi connectivity index (χ1v) is 8.09. The van der Waals surface area contributed by atoms with E-state index in [-0.39, 0.29) is 17.1 Å². The zero-order valence-corrected chi connectivity index (χ0v) is 12.5. The minimum absolute atomic E-state index is 0.0819. The highest BCUT2D eigenvalue weighted by atomic mass is 32.2. The molecule has 0 spiro atoms. The van der Waals surface area contributed by atoms with Crippen LogP contribution >= 0.6 is 0 Å². The fraction of sp³-hybridized carbons (Fsp3) is 0.429. The van der Waals surface area contributed by atoms with Gasteiger partial charge in [-0.05, 0) is 38.5 Å². The number of hydrogen-bond acceptors (Lipinski definition) is 4. The number of nitrogens with zero attached hydrogens (tertiary/aromatic N) is 1. The van der Waals surface area contributed by atoms with Gasteiger partial charge in [0.2, 0.25) is 5.91 Å². The number of Topliss-reactive ketones (excluding diaryl/α,β-unsaturated/α-hetero) is 1. The van der Waals surface area contributed by atoms with E-state index in [1.54, 1.807) is 19.9 Å². The molecule has 0 fully saturated rings. The van der Waals surface area contributed by atoms with Gasteiger partial charge in [0.25, 0.3) is 0 Å². The summed E-state index contributed by atoms with van der Waals surface area (Å²) in [6.45, 7) is 5.26. The Balaban J connectivity index is 2.75. The average Bonchev–Trinajstić information content (AvgIpc) is 2.39. The average molecular weight is 295 g/mol. The lowest BCUT2D eigenvalue weighted by Gasteiger charge is -2.33. The highest BCUT2D eigenvalue weighted by molar-refractivity contribution is 7.93. The number of sulfone groups is 1. The van der Waals surface area contributed by atoms with E-state index in [1.807, 2.05) is 0 Å². The molecule has 0 saturated heterocycles. The third-order valence-electron chi connectivity index (χ3n) is 3.57. The summed E-state index contributed by atoms with van der Waals surface area (Å²) in [5.74, 6) is -0.589. The molecule has 6 heteroatoms. The maximum atomic E-state index is 12.5. The van der Waals surface area contributed by atoms with Crippen LogP contribution in [0.2, 0.25) is 0 Å². The molecule has 1 aromatic rings. The molecule has 1 aliphatic heterocycles. The summed E-state index contributed by atoms with van der Waals surface area (Å²) in [6, 6.07) is 4.47. The maximum absolute atomic E-state index is 12.5. The summed E-state index contributed by atoms with van der Waals surface area (Å²) in [4.78, 5) is 25.2. The first kappa shape index (κ1) is 14.7. The SMILES string of the molecule is CCC1C(=O)N(CC)c2ccc(C(C)=O)cc2S1(=O)=O. The molecular formula is C14H17NO4S. The number of rotatable bonds is 3. The molecular weight excluding hydrogens is 278 g/mol. The third kappa shape index (κ3) is 2.04. The third-order valence-corrected chi connectivity index (χ3v) is 5.79. The van der Waals surface area contributed by atoms with Gasteiger partial charge in [-0.3, -0.25) is 9.59 Å². The maximum Gasteiger partial charge on any atom is 0.245 e. The van der Waals surface area contributed by atoms with Crippen molar-refractivity contribution in [3.8, 4) is 0 Å². The van der Waals surface area contributed by atoms with Crippen LogP contribution < -0.4 is 4.90 Å². The standard InChI is InChI=1S/C14H17NO4S/c1-4-12-14(17)15(5-2)11-7-6-10(9(3)16)8-13(11)20(12,18)19/h6-8,12H,4-5H2,1-3H3. The molecule has 0 aromatic heterocycles. The Labute approximate surface area is 118 Å². The van der Waals surface area contributed by atoms with E-state index in [1.165, 1.54) is 24.0 Å². The summed E-state index contributed by atoms with van der Waals surface area (Å²) in [7, 11) is -3.72. The van der Waals surface area contributed by atoms with Crippen molar-refractivity contribution in [2.45, 2.75) is 37.3 Å². The molecule has 20 heavy (non-hydrogen) atoms. The molecule has 0 saturated carbocycles. The molecule has 1 atom stereocenters. The summed E-state index contributed by atoms with van der Waals surface area (Å²) in [5, 5.41) is -1.06. The Kier molecular flexibility index (Phi) is 3.69. The van der Waals surface area contributed by atoms with Crippen LogP contribution in [0, 0.1) is 0 Å². The van der Waals surface area contributed by atoms with Crippen molar-refractivity contribution >= 4 is 27.2 Å². The largest absolute Gasteiger partial charge is 0.310 e. The summed E-state index contributed by atoms with van der Waals surface area (Å²) < 4.78 is 25.0. The van der Waals surface area contributed by atoms with Crippen LogP contribution in [-0.2, 0) is 14.6 Å². The highest BCUT2D eigenvalue weighted by Gasteiger charge is 2.42. The monoisotopic (exact) mass is 295 g/mol. The van der Waals surface area contributed by atoms with Gasteiger partial charge in [0.1, 0.15) is 5.25 Å². The van der Waals surface area contributed by atoms with E-state index in [9.17, 15) is 18.0 Å². The molecule has 1 heterocycles. The second-order valence-electron chi connectivity index (χ2n) is 4.76. The second-order valence-corrected chi connectivity index (χ2v) is 6.86. The molecule has 5 nitrogen and oxygen atoms in total. The second kappa shape index (κ2) is 5.01. The van der Waals surface area contributed by atoms with Crippen LogP contribution in [0.25, 0.3) is 0 Å². The van der Waals surface area contributed by atoms with Crippen molar-refractivity contribution in [1.82, 2.24) is 0 Å². The number of ketones is 1. The zero-order valence-electron chi connectivity index (χ0n) is 11.7. The quantitative estimate of drug-likeness (QED) is 0.797. The van der Waals surface area contributed by atoms with Crippen LogP contribution in [0.15, 0.2) is 23.1 Å². The fourth-order valence-electron chi connectivity index (χ4n) is 2.48. The topological polar surface area (TPSA) is 71.5 Å². The van der Waals surface area contributed by atoms with Gasteiger partial charge in [-0.15, -0.1) is 0 Å². The number of amides is 1. The number of hydrogen-bond donors (Lipinski definition) is 0. The zero-order chi connectivity index (χ0) is 15.1. The van der Waals surface area contributed by atoms with Gasteiger partial charge >= 0.3 is 0 Å². The van der Waals surface area contributed by atoms with Gasteiger partial charge in [-0.25, -0.2) is 8.42 Å². The van der Waals surface area contributed by atoms with Gasteiger partial charge in [0.05, 0.1) is 10.6 Å². The van der Waals surface area contributed by atoms with Crippen molar-refractivity contribution < 1.29 is 18.0 Å². The fourth-order valence-corrected chi connectivity index (χ4v) is 4.38. The summed E-state index contributed by atoms with van der Waals surface area (Å²) in [6.07, 6.45) is 0.224. The van der Waals surface area contributed by atoms with Crippen LogP contribution in [0.1, 0.15) is 37.6 Å². The van der Waals surface area contributed by atoms with Gasteiger partial charge in [-0.2, -0.15) is 0 Å². The van der Waals surface area contributed by atoms with E-state index in [2.05, 4.69) is 0 Å². The smallest absolute Gasteiger partial charge is 0.245 e. The molecule has 108 valence electrons. The van der Waals surface area contributed by atoms with Gasteiger partial charge in [-0.1, -0.05) is 6.92 Å². The lowest BCUT2D eigenvalue weighted by atomic mass is 10.1. The van der Waals surface area contributed by atoms with Gasteiger partial charge in [0.15, 0.2) is 15.6 Å². The molecule has 0 N–H and O–H groups in total. The van der Waals surface area contributed by atoms with Crippen LogP contribution in [0.5, 0.6) is 0 Å². The predicted molar refractivity (Wildman–Crippen MR) is 75.7 cm³/mol. The molecule has 1 amide bonds. The molecule has 2 rings (SSSR count). The van der Waals surface area contributed by atoms with Crippen molar-refractivity contribution in [3.63, 3.8) is 0 Å². The number of fused-ring (bicyclic) bond motifs is 1. The molecule has 0 radical (unpaired) electrons. The molecule has 1 aromatic carbocycles. The normalized spacial score (nSPS) is 20.6. The first-order chi connectivity index (χ1) is 9.34. The van der Waals surface area contributed by atoms with E-state index in [0.29, 0.717) is 17.8 Å². The lowest BCUT2D eigenvalue weighted by Crippen LogP contribution is -2.47. The highest BCUT2D eigenvalue weighted by Crippen LogP contribution is 2.36. The van der Waals surface area contributed by atoms with E-state index in [0.717, 1.165) is 0 Å². The Bertz CT molecular complexity index is 678. The summed E-state index contributed by atoms with van der Waals surface area (Å²) in [5.41, 5.74) is 0.708. The minimum atomic E-state index is -3.72. The first-order valence-electron chi connectivity index (χ1n) is 6.54. The number of carbonyl (C=O) groups is 2. The lowest BCUT2D eigenvalue weighted by molar-refractivity contribution is -0.118. The Hall–Kier alpha value is -1.69. The predicted octanol–water partition coefficient (Wildman–Crippen LogP) is 1.81. The number of carbonyl (C=O) groups excluding carboxylic acids is 2. The van der Waals surface area contributed by atoms with Crippen molar-refractivity contribution in [2.24, 2.45) is 0 Å². The minimum Gasteiger partial charge on any atom is -0.310 e. The number of anilines is 1. The van der Waals surface area contributed by atoms with E-state index >= 15 is 0 Å². The van der Waals surface area contributed by atoms with Crippen molar-refractivity contribution in [1.29, 1.82) is 0 Å². The Morgan fingerprint density at radius 3 is 2.45 bits per heavy atom. The molecule has 0 aliphatic carbocycles. The molecule has 1 unspecified atom stereocenters. The summed E-state index contributed by atoms with van der Waals surface area (Å²) >= 11 is 0. The van der Waals surface area contributed by atoms with Gasteiger partial charge < -0.3 is 4.90 Å². The van der Waals surface area contributed by atoms with Crippen LogP contribution in [0.4, 0.5) is 5.69 Å². The number of benzene rings is 1. The Morgan fingerprint density at radius 2 is 1.95 bits per heavy atom. The van der Waals surface area contributed by atoms with Crippen LogP contribution in [-0.4, -0.2) is 31.9 Å². The van der Waals surface area contributed by atoms with Crippen molar-refractivity contribution in [3.05, 3.63) is 23.8 Å².